The van der Waals surface area contributed by atoms with Crippen LogP contribution < -0.4 is 5.73 Å². The van der Waals surface area contributed by atoms with Gasteiger partial charge in [0.15, 0.2) is 6.79 Å². The summed E-state index contributed by atoms with van der Waals surface area (Å²) >= 11 is 0. The third-order valence-corrected chi connectivity index (χ3v) is 2.58. The van der Waals surface area contributed by atoms with Crippen molar-refractivity contribution >= 4 is 0 Å². The van der Waals surface area contributed by atoms with Crippen LogP contribution in [0.15, 0.2) is 23.8 Å². The Hall–Kier alpha value is -0.680. The van der Waals surface area contributed by atoms with Gasteiger partial charge >= 0.3 is 0 Å². The molecule has 1 fully saturated rings. The van der Waals surface area contributed by atoms with Crippen molar-refractivity contribution in [2.24, 2.45) is 5.73 Å². The highest BCUT2D eigenvalue weighted by Crippen LogP contribution is 2.33. The number of ether oxygens (including phenoxy) is 3. The molecule has 4 nitrogen and oxygen atoms in total. The maximum absolute atomic E-state index is 5.48. The third-order valence-electron chi connectivity index (χ3n) is 2.58. The minimum atomic E-state index is -0.710. The molecule has 4 heteroatoms. The minimum absolute atomic E-state index is 0.140. The lowest BCUT2D eigenvalue weighted by Crippen LogP contribution is -2.40. The van der Waals surface area contributed by atoms with Crippen LogP contribution in [0.1, 0.15) is 6.42 Å². The van der Waals surface area contributed by atoms with Crippen LogP contribution in [0.25, 0.3) is 0 Å². The van der Waals surface area contributed by atoms with E-state index in [0.29, 0.717) is 6.54 Å². The monoisotopic (exact) mass is 197 g/mol. The van der Waals surface area contributed by atoms with Gasteiger partial charge in [-0.05, 0) is 30.7 Å². The van der Waals surface area contributed by atoms with Crippen LogP contribution in [0.4, 0.5) is 0 Å². The summed E-state index contributed by atoms with van der Waals surface area (Å²) < 4.78 is 16.1. The molecular formula is C10H15NO3. The summed E-state index contributed by atoms with van der Waals surface area (Å²) in [7, 11) is 1.62. The first-order chi connectivity index (χ1) is 6.80. The van der Waals surface area contributed by atoms with Gasteiger partial charge in [0.05, 0.1) is 0 Å². The lowest BCUT2D eigenvalue weighted by atomic mass is 9.97. The summed E-state index contributed by atoms with van der Waals surface area (Å²) in [5, 5.41) is 0. The van der Waals surface area contributed by atoms with Crippen LogP contribution in [0.2, 0.25) is 0 Å². The van der Waals surface area contributed by atoms with Gasteiger partial charge in [-0.2, -0.15) is 0 Å². The number of fused-ring (bicyclic) bond motifs is 1. The first-order valence-electron chi connectivity index (χ1n) is 4.71. The van der Waals surface area contributed by atoms with E-state index in [9.17, 15) is 0 Å². The summed E-state index contributed by atoms with van der Waals surface area (Å²) in [5.74, 6) is -0.710. The van der Waals surface area contributed by atoms with Crippen molar-refractivity contribution in [3.05, 3.63) is 23.8 Å². The van der Waals surface area contributed by atoms with Crippen molar-refractivity contribution in [1.82, 2.24) is 0 Å². The Labute approximate surface area is 83.3 Å². The fourth-order valence-electron chi connectivity index (χ4n) is 1.75. The average molecular weight is 197 g/mol. The molecule has 1 heterocycles. The molecule has 0 aromatic rings. The Bertz CT molecular complexity index is 275. The molecule has 2 unspecified atom stereocenters. The zero-order valence-electron chi connectivity index (χ0n) is 8.23. The molecule has 2 rings (SSSR count). The van der Waals surface area contributed by atoms with Crippen LogP contribution in [0.3, 0.4) is 0 Å². The van der Waals surface area contributed by atoms with Crippen molar-refractivity contribution in [3.63, 3.8) is 0 Å². The molecule has 14 heavy (non-hydrogen) atoms. The molecule has 2 N–H and O–H groups in total. The molecule has 2 aliphatic rings. The van der Waals surface area contributed by atoms with Gasteiger partial charge in [-0.15, -0.1) is 0 Å². The first-order valence-corrected chi connectivity index (χ1v) is 4.71. The normalized spacial score (nSPS) is 35.6. The maximum Gasteiger partial charge on any atom is 0.220 e. The molecule has 0 bridgehead atoms. The van der Waals surface area contributed by atoms with E-state index < -0.39 is 5.79 Å². The quantitative estimate of drug-likeness (QED) is 0.717. The van der Waals surface area contributed by atoms with Crippen molar-refractivity contribution in [1.29, 1.82) is 0 Å². The van der Waals surface area contributed by atoms with E-state index in [1.165, 1.54) is 5.57 Å². The average Bonchev–Trinajstić information content (AvgIpc) is 2.62. The number of nitrogens with two attached hydrogens (primary N) is 1. The van der Waals surface area contributed by atoms with Crippen LogP contribution >= 0.6 is 0 Å². The summed E-state index contributed by atoms with van der Waals surface area (Å²) in [4.78, 5) is 0. The van der Waals surface area contributed by atoms with Gasteiger partial charge in [0.2, 0.25) is 5.79 Å². The van der Waals surface area contributed by atoms with E-state index in [1.54, 1.807) is 7.11 Å². The van der Waals surface area contributed by atoms with Crippen molar-refractivity contribution in [2.45, 2.75) is 18.3 Å². The summed E-state index contributed by atoms with van der Waals surface area (Å²) in [6, 6.07) is 0. The number of rotatable bonds is 3. The Morgan fingerprint density at radius 3 is 3.29 bits per heavy atom. The lowest BCUT2D eigenvalue weighted by molar-refractivity contribution is -0.158. The van der Waals surface area contributed by atoms with Crippen LogP contribution in [0.5, 0.6) is 0 Å². The topological polar surface area (TPSA) is 53.7 Å². The van der Waals surface area contributed by atoms with Gasteiger partial charge in [0, 0.05) is 7.11 Å². The van der Waals surface area contributed by atoms with E-state index >= 15 is 0 Å². The largest absolute Gasteiger partial charge is 0.347 e. The smallest absolute Gasteiger partial charge is 0.220 e. The Morgan fingerprint density at radius 2 is 2.57 bits per heavy atom. The molecule has 1 saturated heterocycles. The fourth-order valence-corrected chi connectivity index (χ4v) is 1.75. The van der Waals surface area contributed by atoms with Crippen LogP contribution in [-0.4, -0.2) is 32.3 Å². The molecule has 1 aliphatic carbocycles. The first kappa shape index (κ1) is 9.86. The highest BCUT2D eigenvalue weighted by molar-refractivity contribution is 5.30. The molecule has 0 saturated carbocycles. The third kappa shape index (κ3) is 1.50. The second-order valence-corrected chi connectivity index (χ2v) is 3.39. The second-order valence-electron chi connectivity index (χ2n) is 3.39. The number of methoxy groups -OCH3 is 1. The van der Waals surface area contributed by atoms with Crippen LogP contribution in [-0.2, 0) is 14.2 Å². The van der Waals surface area contributed by atoms with E-state index in [1.807, 2.05) is 18.2 Å². The van der Waals surface area contributed by atoms with E-state index in [4.69, 9.17) is 19.9 Å². The zero-order valence-corrected chi connectivity index (χ0v) is 8.23. The SMILES string of the molecule is COC12C=CC(CCN)=CC1OCO2. The highest BCUT2D eigenvalue weighted by Gasteiger charge is 2.44. The van der Waals surface area contributed by atoms with Gasteiger partial charge in [0.1, 0.15) is 6.10 Å². The number of hydrogen-bond acceptors (Lipinski definition) is 4. The molecule has 0 radical (unpaired) electrons. The Balaban J connectivity index is 2.16. The Morgan fingerprint density at radius 1 is 1.71 bits per heavy atom. The maximum atomic E-state index is 5.48. The molecular weight excluding hydrogens is 182 g/mol. The van der Waals surface area contributed by atoms with Gasteiger partial charge in [0.25, 0.3) is 0 Å². The number of hydrogen-bond donors (Lipinski definition) is 1. The van der Waals surface area contributed by atoms with E-state index in [-0.39, 0.29) is 12.9 Å². The summed E-state index contributed by atoms with van der Waals surface area (Å²) in [6.07, 6.45) is 6.62. The fraction of sp³-hybridized carbons (Fsp3) is 0.600. The summed E-state index contributed by atoms with van der Waals surface area (Å²) in [6.45, 7) is 0.916. The summed E-state index contributed by atoms with van der Waals surface area (Å²) in [5.41, 5.74) is 6.66. The lowest BCUT2D eigenvalue weighted by Gasteiger charge is -2.29. The molecule has 0 aromatic carbocycles. The highest BCUT2D eigenvalue weighted by atomic mass is 16.8. The van der Waals surface area contributed by atoms with Crippen molar-refractivity contribution in [3.8, 4) is 0 Å². The van der Waals surface area contributed by atoms with Gasteiger partial charge in [-0.3, -0.25) is 0 Å². The number of allylic oxidation sites excluding steroid dienone is 1. The second kappa shape index (κ2) is 3.82. The van der Waals surface area contributed by atoms with Gasteiger partial charge in [-0.1, -0.05) is 6.08 Å². The van der Waals surface area contributed by atoms with Crippen molar-refractivity contribution in [2.75, 3.05) is 20.4 Å². The molecule has 0 amide bonds. The van der Waals surface area contributed by atoms with Gasteiger partial charge in [-0.25, -0.2) is 0 Å². The van der Waals surface area contributed by atoms with Crippen molar-refractivity contribution < 1.29 is 14.2 Å². The zero-order chi connectivity index (χ0) is 10.0. The molecule has 78 valence electrons. The molecule has 0 aromatic heterocycles. The predicted molar refractivity (Wildman–Crippen MR) is 51.5 cm³/mol. The molecule has 0 spiro atoms. The standard InChI is InChI=1S/C10H15NO3/c1-12-10-4-2-8(3-5-11)6-9(10)13-7-14-10/h2,4,6,9H,3,5,7,11H2,1H3. The molecule has 1 aliphatic heterocycles. The Kier molecular flexibility index (Phi) is 2.69. The minimum Gasteiger partial charge on any atom is -0.347 e. The van der Waals surface area contributed by atoms with E-state index in [0.717, 1.165) is 6.42 Å². The predicted octanol–water partition coefficient (Wildman–Crippen LogP) is 0.547. The van der Waals surface area contributed by atoms with Gasteiger partial charge < -0.3 is 19.9 Å². The van der Waals surface area contributed by atoms with E-state index in [2.05, 4.69) is 0 Å². The molecule has 2 atom stereocenters. The van der Waals surface area contributed by atoms with Crippen LogP contribution in [0, 0.1) is 0 Å².